The molecule has 3 rings (SSSR count). The first-order chi connectivity index (χ1) is 10.7. The molecule has 2 aromatic carbocycles. The lowest BCUT2D eigenvalue weighted by Crippen LogP contribution is -2.19. The molecule has 0 aliphatic carbocycles. The zero-order valence-electron chi connectivity index (χ0n) is 12.5. The van der Waals surface area contributed by atoms with Gasteiger partial charge in [-0.2, -0.15) is 0 Å². The summed E-state index contributed by atoms with van der Waals surface area (Å²) in [5.74, 6) is 0.816. The van der Waals surface area contributed by atoms with E-state index in [1.165, 1.54) is 5.56 Å². The van der Waals surface area contributed by atoms with E-state index in [9.17, 15) is 4.79 Å². The molecule has 1 aliphatic heterocycles. The zero-order chi connectivity index (χ0) is 15.5. The molecule has 1 amide bonds. The Morgan fingerprint density at radius 3 is 2.59 bits per heavy atom. The molecule has 1 N–H and O–H groups in total. The number of carbonyl (C=O) groups is 1. The van der Waals surface area contributed by atoms with Crippen molar-refractivity contribution in [2.75, 3.05) is 5.32 Å². The molecule has 1 aliphatic rings. The monoisotopic (exact) mass is 359 g/mol. The third-order valence-electron chi connectivity index (χ3n) is 3.88. The number of benzene rings is 2. The van der Waals surface area contributed by atoms with E-state index in [0.29, 0.717) is 13.0 Å². The molecule has 0 saturated carbocycles. The standard InChI is InChI=1S/C18H18BrNO2/c1-2-12-3-5-13(6-4-12)11-22-17-10-16-14(9-15(17)19)7-8-18(21)20-16/h3-6,9-10H,2,7-8,11H2,1H3,(H,20,21). The first kappa shape index (κ1) is 15.1. The van der Waals surface area contributed by atoms with Crippen molar-refractivity contribution in [1.82, 2.24) is 0 Å². The Bertz CT molecular complexity index is 695. The van der Waals surface area contributed by atoms with E-state index in [4.69, 9.17) is 4.74 Å². The molecule has 0 bridgehead atoms. The lowest BCUT2D eigenvalue weighted by Gasteiger charge is -2.19. The van der Waals surface area contributed by atoms with Crippen molar-refractivity contribution < 1.29 is 9.53 Å². The molecule has 0 radical (unpaired) electrons. The second-order valence-corrected chi connectivity index (χ2v) is 6.30. The van der Waals surface area contributed by atoms with E-state index < -0.39 is 0 Å². The van der Waals surface area contributed by atoms with Gasteiger partial charge in [0, 0.05) is 18.2 Å². The molecule has 0 spiro atoms. The summed E-state index contributed by atoms with van der Waals surface area (Å²) in [6, 6.07) is 12.4. The third-order valence-corrected chi connectivity index (χ3v) is 4.50. The normalized spacial score (nSPS) is 13.5. The highest BCUT2D eigenvalue weighted by Crippen LogP contribution is 2.34. The number of anilines is 1. The SMILES string of the molecule is CCc1ccc(COc2cc3c(cc2Br)CCC(=O)N3)cc1. The quantitative estimate of drug-likeness (QED) is 0.873. The van der Waals surface area contributed by atoms with Gasteiger partial charge in [-0.05, 0) is 51.5 Å². The summed E-state index contributed by atoms with van der Waals surface area (Å²) in [4.78, 5) is 11.5. The maximum absolute atomic E-state index is 11.5. The predicted molar refractivity (Wildman–Crippen MR) is 91.2 cm³/mol. The molecule has 22 heavy (non-hydrogen) atoms. The van der Waals surface area contributed by atoms with Crippen LogP contribution in [0.1, 0.15) is 30.0 Å². The topological polar surface area (TPSA) is 38.3 Å². The Labute approximate surface area is 138 Å². The van der Waals surface area contributed by atoms with E-state index in [1.54, 1.807) is 0 Å². The molecule has 3 nitrogen and oxygen atoms in total. The highest BCUT2D eigenvalue weighted by molar-refractivity contribution is 9.10. The largest absolute Gasteiger partial charge is 0.488 e. The van der Waals surface area contributed by atoms with Crippen LogP contribution in [0.3, 0.4) is 0 Å². The molecule has 0 fully saturated rings. The van der Waals surface area contributed by atoms with Gasteiger partial charge in [0.25, 0.3) is 0 Å². The second kappa shape index (κ2) is 6.53. The Hall–Kier alpha value is -1.81. The van der Waals surface area contributed by atoms with Crippen LogP contribution < -0.4 is 10.1 Å². The Morgan fingerprint density at radius 2 is 1.86 bits per heavy atom. The first-order valence-corrected chi connectivity index (χ1v) is 8.28. The van der Waals surface area contributed by atoms with Crippen LogP contribution >= 0.6 is 15.9 Å². The van der Waals surface area contributed by atoms with Crippen LogP contribution in [0.5, 0.6) is 5.75 Å². The molecule has 0 aromatic heterocycles. The predicted octanol–water partition coefficient (Wildman–Crippen LogP) is 4.48. The molecule has 2 aromatic rings. The fourth-order valence-corrected chi connectivity index (χ4v) is 3.03. The summed E-state index contributed by atoms with van der Waals surface area (Å²) >= 11 is 3.55. The van der Waals surface area contributed by atoms with Gasteiger partial charge in [0.15, 0.2) is 0 Å². The lowest BCUT2D eigenvalue weighted by atomic mass is 10.0. The number of hydrogen-bond acceptors (Lipinski definition) is 2. The third kappa shape index (κ3) is 3.33. The molecule has 0 saturated heterocycles. The van der Waals surface area contributed by atoms with Crippen molar-refractivity contribution >= 4 is 27.5 Å². The van der Waals surface area contributed by atoms with Crippen LogP contribution in [-0.2, 0) is 24.2 Å². The fourth-order valence-electron chi connectivity index (χ4n) is 2.52. The summed E-state index contributed by atoms with van der Waals surface area (Å²) in [5.41, 5.74) is 4.45. The first-order valence-electron chi connectivity index (χ1n) is 7.48. The number of nitrogens with one attached hydrogen (secondary N) is 1. The van der Waals surface area contributed by atoms with Crippen LogP contribution in [0, 0.1) is 0 Å². The van der Waals surface area contributed by atoms with E-state index in [2.05, 4.69) is 52.4 Å². The average Bonchev–Trinajstić information content (AvgIpc) is 2.54. The van der Waals surface area contributed by atoms with Crippen LogP contribution in [0.25, 0.3) is 0 Å². The van der Waals surface area contributed by atoms with Crippen molar-refractivity contribution in [3.63, 3.8) is 0 Å². The molecular formula is C18H18BrNO2. The van der Waals surface area contributed by atoms with Gasteiger partial charge in [0.05, 0.1) is 4.47 Å². The number of hydrogen-bond donors (Lipinski definition) is 1. The second-order valence-electron chi connectivity index (χ2n) is 5.45. The minimum atomic E-state index is 0.0657. The summed E-state index contributed by atoms with van der Waals surface area (Å²) in [5, 5.41) is 2.90. The Morgan fingerprint density at radius 1 is 1.14 bits per heavy atom. The molecule has 0 atom stereocenters. The number of halogens is 1. The summed E-state index contributed by atoms with van der Waals surface area (Å²) in [6.07, 6.45) is 2.36. The maximum atomic E-state index is 11.5. The highest BCUT2D eigenvalue weighted by atomic mass is 79.9. The average molecular weight is 360 g/mol. The van der Waals surface area contributed by atoms with Gasteiger partial charge in [-0.3, -0.25) is 4.79 Å². The Kier molecular flexibility index (Phi) is 4.48. The fraction of sp³-hybridized carbons (Fsp3) is 0.278. The van der Waals surface area contributed by atoms with Crippen LogP contribution in [-0.4, -0.2) is 5.91 Å². The van der Waals surface area contributed by atoms with E-state index in [-0.39, 0.29) is 5.91 Å². The number of aryl methyl sites for hydroxylation is 2. The number of rotatable bonds is 4. The number of fused-ring (bicyclic) bond motifs is 1. The van der Waals surface area contributed by atoms with Gasteiger partial charge in [0.1, 0.15) is 12.4 Å². The molecule has 1 heterocycles. The van der Waals surface area contributed by atoms with Gasteiger partial charge in [0.2, 0.25) is 5.91 Å². The summed E-state index contributed by atoms with van der Waals surface area (Å²) < 4.78 is 6.82. The maximum Gasteiger partial charge on any atom is 0.224 e. The molecule has 0 unspecified atom stereocenters. The highest BCUT2D eigenvalue weighted by Gasteiger charge is 2.17. The summed E-state index contributed by atoms with van der Waals surface area (Å²) in [6.45, 7) is 2.65. The Balaban J connectivity index is 1.74. The smallest absolute Gasteiger partial charge is 0.224 e. The number of ether oxygens (including phenoxy) is 1. The van der Waals surface area contributed by atoms with Crippen LogP contribution in [0.2, 0.25) is 0 Å². The molecule has 4 heteroatoms. The van der Waals surface area contributed by atoms with E-state index in [1.807, 2.05) is 12.1 Å². The van der Waals surface area contributed by atoms with Crippen molar-refractivity contribution in [2.45, 2.75) is 32.8 Å². The van der Waals surface area contributed by atoms with Gasteiger partial charge in [-0.25, -0.2) is 0 Å². The van der Waals surface area contributed by atoms with Gasteiger partial charge in [-0.15, -0.1) is 0 Å². The van der Waals surface area contributed by atoms with E-state index >= 15 is 0 Å². The number of amides is 1. The van der Waals surface area contributed by atoms with Crippen molar-refractivity contribution in [3.8, 4) is 5.75 Å². The summed E-state index contributed by atoms with van der Waals surface area (Å²) in [7, 11) is 0. The molecular weight excluding hydrogens is 342 g/mol. The van der Waals surface area contributed by atoms with Crippen molar-refractivity contribution in [3.05, 3.63) is 57.6 Å². The number of carbonyl (C=O) groups excluding carboxylic acids is 1. The molecule has 114 valence electrons. The van der Waals surface area contributed by atoms with Crippen molar-refractivity contribution in [1.29, 1.82) is 0 Å². The lowest BCUT2D eigenvalue weighted by molar-refractivity contribution is -0.116. The van der Waals surface area contributed by atoms with E-state index in [0.717, 1.165) is 39.9 Å². The van der Waals surface area contributed by atoms with Gasteiger partial charge < -0.3 is 10.1 Å². The van der Waals surface area contributed by atoms with Crippen LogP contribution in [0.4, 0.5) is 5.69 Å². The van der Waals surface area contributed by atoms with Gasteiger partial charge >= 0.3 is 0 Å². The zero-order valence-corrected chi connectivity index (χ0v) is 14.1. The van der Waals surface area contributed by atoms with Crippen LogP contribution in [0.15, 0.2) is 40.9 Å². The minimum Gasteiger partial charge on any atom is -0.488 e. The van der Waals surface area contributed by atoms with Crippen molar-refractivity contribution in [2.24, 2.45) is 0 Å². The minimum absolute atomic E-state index is 0.0657. The van der Waals surface area contributed by atoms with Gasteiger partial charge in [-0.1, -0.05) is 31.2 Å².